The van der Waals surface area contributed by atoms with Crippen LogP contribution in [0.4, 0.5) is 18.9 Å². The summed E-state index contributed by atoms with van der Waals surface area (Å²) in [6.07, 6.45) is -2.50. The third kappa shape index (κ3) is 5.98. The van der Waals surface area contributed by atoms with Crippen LogP contribution in [0, 0.1) is 0 Å². The molecule has 1 saturated heterocycles. The fourth-order valence-electron chi connectivity index (χ4n) is 4.33. The number of hydrogen-bond donors (Lipinski definition) is 1. The van der Waals surface area contributed by atoms with E-state index in [0.29, 0.717) is 25.5 Å². The number of hydrogen-bond acceptors (Lipinski definition) is 5. The van der Waals surface area contributed by atoms with Gasteiger partial charge in [-0.2, -0.15) is 13.2 Å². The predicted octanol–water partition coefficient (Wildman–Crippen LogP) is 5.22. The molecule has 1 aromatic heterocycles. The van der Waals surface area contributed by atoms with Crippen LogP contribution in [0.2, 0.25) is 0 Å². The van der Waals surface area contributed by atoms with Gasteiger partial charge in [-0.1, -0.05) is 49.4 Å². The number of nitrogens with zero attached hydrogens (tertiary/aromatic N) is 3. The van der Waals surface area contributed by atoms with Gasteiger partial charge in [0.05, 0.1) is 12.1 Å². The monoisotopic (exact) mass is 472 g/mol. The van der Waals surface area contributed by atoms with Gasteiger partial charge in [-0.15, -0.1) is 0 Å². The molecule has 0 aliphatic carbocycles. The van der Waals surface area contributed by atoms with Crippen molar-refractivity contribution in [2.75, 3.05) is 44.2 Å². The van der Waals surface area contributed by atoms with E-state index in [0.717, 1.165) is 62.1 Å². The Kier molecular flexibility index (Phi) is 7.90. The summed E-state index contributed by atoms with van der Waals surface area (Å²) >= 11 is 0. The molecule has 0 atom stereocenters. The van der Waals surface area contributed by atoms with Crippen molar-refractivity contribution in [3.63, 3.8) is 0 Å². The molecule has 8 heteroatoms. The average molecular weight is 473 g/mol. The zero-order valence-electron chi connectivity index (χ0n) is 19.4. The largest absolute Gasteiger partial charge is 0.444 e. The lowest BCUT2D eigenvalue weighted by atomic mass is 10.1. The molecule has 1 aliphatic rings. The van der Waals surface area contributed by atoms with Gasteiger partial charge in [0.2, 0.25) is 5.89 Å². The standard InChI is InChI=1S/C26H31F3N4O/c1-2-8-23-25(20-9-4-3-5-10-20)31-24(34-23)19-30-13-14-32-15-17-33(18-16-32)22-12-7-6-11-21(22)26(27,28)29/h3-7,9-12,30H,2,8,13-19H2,1H3. The second-order valence-electron chi connectivity index (χ2n) is 8.52. The number of anilines is 1. The number of benzene rings is 2. The first kappa shape index (κ1) is 24.3. The maximum absolute atomic E-state index is 13.3. The third-order valence-electron chi connectivity index (χ3n) is 6.07. The molecule has 0 unspecified atom stereocenters. The van der Waals surface area contributed by atoms with Gasteiger partial charge in [0.1, 0.15) is 11.5 Å². The predicted molar refractivity (Wildman–Crippen MR) is 128 cm³/mol. The Labute approximate surface area is 198 Å². The number of nitrogens with one attached hydrogen (secondary N) is 1. The second kappa shape index (κ2) is 11.1. The molecule has 0 radical (unpaired) electrons. The first-order valence-electron chi connectivity index (χ1n) is 11.8. The van der Waals surface area contributed by atoms with Crippen molar-refractivity contribution in [2.45, 2.75) is 32.5 Å². The van der Waals surface area contributed by atoms with Crippen molar-refractivity contribution < 1.29 is 17.6 Å². The summed E-state index contributed by atoms with van der Waals surface area (Å²) in [6, 6.07) is 15.9. The summed E-state index contributed by atoms with van der Waals surface area (Å²) in [6.45, 7) is 6.85. The fourth-order valence-corrected chi connectivity index (χ4v) is 4.33. The number of halogens is 3. The van der Waals surface area contributed by atoms with E-state index in [1.54, 1.807) is 12.1 Å². The molecule has 5 nitrogen and oxygen atoms in total. The highest BCUT2D eigenvalue weighted by atomic mass is 19.4. The normalized spacial score (nSPS) is 15.1. The molecule has 2 heterocycles. The van der Waals surface area contributed by atoms with Crippen LogP contribution >= 0.6 is 0 Å². The number of aryl methyl sites for hydroxylation is 1. The van der Waals surface area contributed by atoms with Crippen molar-refractivity contribution in [1.29, 1.82) is 0 Å². The van der Waals surface area contributed by atoms with Crippen LogP contribution in [0.1, 0.15) is 30.6 Å². The molecule has 0 saturated carbocycles. The van der Waals surface area contributed by atoms with Crippen molar-refractivity contribution in [1.82, 2.24) is 15.2 Å². The van der Waals surface area contributed by atoms with E-state index in [9.17, 15) is 13.2 Å². The first-order chi connectivity index (χ1) is 16.5. The first-order valence-corrected chi connectivity index (χ1v) is 11.8. The van der Waals surface area contributed by atoms with Crippen LogP contribution in [0.3, 0.4) is 0 Å². The zero-order valence-corrected chi connectivity index (χ0v) is 19.4. The summed E-state index contributed by atoms with van der Waals surface area (Å²) in [4.78, 5) is 8.82. The Hall–Kier alpha value is -2.84. The van der Waals surface area contributed by atoms with Crippen molar-refractivity contribution in [3.8, 4) is 11.3 Å². The molecule has 182 valence electrons. The molecule has 1 N–H and O–H groups in total. The summed E-state index contributed by atoms with van der Waals surface area (Å²) in [5, 5.41) is 3.39. The van der Waals surface area contributed by atoms with E-state index in [1.165, 1.54) is 6.07 Å². The van der Waals surface area contributed by atoms with Crippen molar-refractivity contribution in [2.24, 2.45) is 0 Å². The Bertz CT molecular complexity index is 1040. The Morgan fingerprint density at radius 1 is 0.971 bits per heavy atom. The molecule has 4 rings (SSSR count). The number of oxazole rings is 1. The lowest BCUT2D eigenvalue weighted by Gasteiger charge is -2.37. The highest BCUT2D eigenvalue weighted by Gasteiger charge is 2.35. The lowest BCUT2D eigenvalue weighted by molar-refractivity contribution is -0.137. The zero-order chi connectivity index (χ0) is 24.0. The smallest absolute Gasteiger partial charge is 0.418 e. The third-order valence-corrected chi connectivity index (χ3v) is 6.07. The summed E-state index contributed by atoms with van der Waals surface area (Å²) in [5.41, 5.74) is 1.68. The molecule has 0 amide bonds. The summed E-state index contributed by atoms with van der Waals surface area (Å²) in [5.74, 6) is 1.59. The van der Waals surface area contributed by atoms with Gasteiger partial charge in [-0.25, -0.2) is 4.98 Å². The molecule has 2 aromatic carbocycles. The Morgan fingerprint density at radius 2 is 1.68 bits per heavy atom. The van der Waals surface area contributed by atoms with Gasteiger partial charge >= 0.3 is 6.18 Å². The van der Waals surface area contributed by atoms with Gasteiger partial charge in [0, 0.05) is 56.9 Å². The number of piperazine rings is 1. The number of aromatic nitrogens is 1. The van der Waals surface area contributed by atoms with E-state index >= 15 is 0 Å². The maximum atomic E-state index is 13.3. The SMILES string of the molecule is CCCc1oc(CNCCN2CCN(c3ccccc3C(F)(F)F)CC2)nc1-c1ccccc1. The van der Waals surface area contributed by atoms with Gasteiger partial charge in [0.15, 0.2) is 0 Å². The van der Waals surface area contributed by atoms with Crippen LogP contribution in [-0.2, 0) is 19.1 Å². The van der Waals surface area contributed by atoms with E-state index in [-0.39, 0.29) is 5.69 Å². The van der Waals surface area contributed by atoms with E-state index in [1.807, 2.05) is 35.2 Å². The number of rotatable bonds is 9. The van der Waals surface area contributed by atoms with Crippen molar-refractivity contribution >= 4 is 5.69 Å². The van der Waals surface area contributed by atoms with Gasteiger partial charge in [-0.3, -0.25) is 4.90 Å². The number of para-hydroxylation sites is 1. The minimum absolute atomic E-state index is 0.272. The van der Waals surface area contributed by atoms with Crippen LogP contribution in [0.15, 0.2) is 59.0 Å². The minimum Gasteiger partial charge on any atom is -0.444 e. The molecule has 0 spiro atoms. The molecular weight excluding hydrogens is 441 g/mol. The molecule has 34 heavy (non-hydrogen) atoms. The highest BCUT2D eigenvalue weighted by molar-refractivity contribution is 5.61. The van der Waals surface area contributed by atoms with Gasteiger partial charge in [-0.05, 0) is 18.6 Å². The number of alkyl halides is 3. The molecule has 3 aromatic rings. The summed E-state index contributed by atoms with van der Waals surface area (Å²) in [7, 11) is 0. The minimum atomic E-state index is -4.34. The Morgan fingerprint density at radius 3 is 2.38 bits per heavy atom. The van der Waals surface area contributed by atoms with Crippen LogP contribution < -0.4 is 10.2 Å². The van der Waals surface area contributed by atoms with Crippen LogP contribution in [0.25, 0.3) is 11.3 Å². The topological polar surface area (TPSA) is 44.5 Å². The molecule has 1 fully saturated rings. The van der Waals surface area contributed by atoms with Crippen LogP contribution in [0.5, 0.6) is 0 Å². The summed E-state index contributed by atoms with van der Waals surface area (Å²) < 4.78 is 46.0. The van der Waals surface area contributed by atoms with Crippen LogP contribution in [-0.4, -0.2) is 49.2 Å². The molecule has 0 bridgehead atoms. The van der Waals surface area contributed by atoms with Crippen molar-refractivity contribution in [3.05, 3.63) is 71.8 Å². The van der Waals surface area contributed by atoms with E-state index in [4.69, 9.17) is 9.40 Å². The maximum Gasteiger partial charge on any atom is 0.418 e. The van der Waals surface area contributed by atoms with E-state index < -0.39 is 11.7 Å². The Balaban J connectivity index is 1.25. The average Bonchev–Trinajstić information content (AvgIpc) is 3.25. The van der Waals surface area contributed by atoms with Gasteiger partial charge < -0.3 is 14.6 Å². The van der Waals surface area contributed by atoms with E-state index in [2.05, 4.69) is 17.1 Å². The second-order valence-corrected chi connectivity index (χ2v) is 8.52. The molecule has 1 aliphatic heterocycles. The fraction of sp³-hybridized carbons (Fsp3) is 0.423. The highest BCUT2D eigenvalue weighted by Crippen LogP contribution is 2.36. The van der Waals surface area contributed by atoms with Gasteiger partial charge in [0.25, 0.3) is 0 Å². The molecular formula is C26H31F3N4O. The lowest BCUT2D eigenvalue weighted by Crippen LogP contribution is -2.48. The quantitative estimate of drug-likeness (QED) is 0.433.